The molecule has 2 aromatic heterocycles. The van der Waals surface area contributed by atoms with E-state index in [2.05, 4.69) is 15.4 Å². The molecule has 0 aliphatic carbocycles. The monoisotopic (exact) mass is 288 g/mol. The van der Waals surface area contributed by atoms with Gasteiger partial charge >= 0.3 is 0 Å². The first-order valence-corrected chi connectivity index (χ1v) is 7.17. The molecule has 1 aliphatic heterocycles. The van der Waals surface area contributed by atoms with E-state index in [0.717, 1.165) is 37.4 Å². The molecule has 1 amide bonds. The van der Waals surface area contributed by atoms with Crippen LogP contribution in [0.4, 0.5) is 5.95 Å². The van der Waals surface area contributed by atoms with Gasteiger partial charge in [-0.15, -0.1) is 5.10 Å². The molecular formula is C14H20N6O. The number of nitrogens with one attached hydrogen (secondary N) is 1. The zero-order valence-corrected chi connectivity index (χ0v) is 12.4. The summed E-state index contributed by atoms with van der Waals surface area (Å²) in [5, 5.41) is 7.66. The summed E-state index contributed by atoms with van der Waals surface area (Å²) >= 11 is 0. The summed E-state index contributed by atoms with van der Waals surface area (Å²) in [5.74, 6) is 0.697. The van der Waals surface area contributed by atoms with Gasteiger partial charge in [-0.25, -0.2) is 4.52 Å². The van der Waals surface area contributed by atoms with E-state index in [1.54, 1.807) is 9.42 Å². The molecule has 0 bridgehead atoms. The van der Waals surface area contributed by atoms with Crippen LogP contribution < -0.4 is 10.2 Å². The van der Waals surface area contributed by atoms with Gasteiger partial charge in [-0.2, -0.15) is 4.98 Å². The summed E-state index contributed by atoms with van der Waals surface area (Å²) in [5.41, 5.74) is 1.90. The van der Waals surface area contributed by atoms with E-state index in [1.165, 1.54) is 0 Å². The molecule has 1 fully saturated rings. The third-order valence-corrected chi connectivity index (χ3v) is 3.73. The first kappa shape index (κ1) is 13.8. The Labute approximate surface area is 123 Å². The average Bonchev–Trinajstić information content (AvgIpc) is 2.94. The maximum Gasteiger partial charge on any atom is 0.245 e. The summed E-state index contributed by atoms with van der Waals surface area (Å²) in [6.07, 6.45) is 1.87. The number of aromatic nitrogens is 3. The predicted molar refractivity (Wildman–Crippen MR) is 80.4 cm³/mol. The van der Waals surface area contributed by atoms with Crippen molar-refractivity contribution >= 4 is 17.5 Å². The second kappa shape index (κ2) is 5.69. The van der Waals surface area contributed by atoms with Crippen molar-refractivity contribution in [2.24, 2.45) is 0 Å². The molecule has 1 N–H and O–H groups in total. The van der Waals surface area contributed by atoms with Gasteiger partial charge in [-0.05, 0) is 18.6 Å². The summed E-state index contributed by atoms with van der Waals surface area (Å²) in [6.45, 7) is 5.56. The third-order valence-electron chi connectivity index (χ3n) is 3.73. The van der Waals surface area contributed by atoms with Crippen molar-refractivity contribution in [1.29, 1.82) is 0 Å². The van der Waals surface area contributed by atoms with Crippen molar-refractivity contribution in [2.45, 2.75) is 6.92 Å². The Bertz CT molecular complexity index is 646. The van der Waals surface area contributed by atoms with Gasteiger partial charge < -0.3 is 15.1 Å². The fraction of sp³-hybridized carbons (Fsp3) is 0.500. The number of pyridine rings is 1. The Hall–Kier alpha value is -2.15. The van der Waals surface area contributed by atoms with E-state index in [9.17, 15) is 4.79 Å². The van der Waals surface area contributed by atoms with Crippen LogP contribution in [0, 0.1) is 6.92 Å². The van der Waals surface area contributed by atoms with Crippen molar-refractivity contribution in [3.8, 4) is 0 Å². The summed E-state index contributed by atoms with van der Waals surface area (Å²) in [7, 11) is 1.85. The number of nitrogens with zero attached hydrogens (tertiary/aromatic N) is 5. The third kappa shape index (κ3) is 2.82. The zero-order valence-electron chi connectivity index (χ0n) is 12.4. The Kier molecular flexibility index (Phi) is 3.74. The van der Waals surface area contributed by atoms with Gasteiger partial charge in [0.25, 0.3) is 0 Å². The first-order valence-electron chi connectivity index (χ1n) is 7.17. The van der Waals surface area contributed by atoms with E-state index in [1.807, 2.05) is 37.2 Å². The number of fused-ring (bicyclic) bond motifs is 1. The van der Waals surface area contributed by atoms with E-state index < -0.39 is 0 Å². The lowest BCUT2D eigenvalue weighted by molar-refractivity contribution is -0.130. The van der Waals surface area contributed by atoms with Crippen LogP contribution in [0.2, 0.25) is 0 Å². The minimum Gasteiger partial charge on any atom is -0.339 e. The largest absolute Gasteiger partial charge is 0.339 e. The number of hydrogen-bond acceptors (Lipinski definition) is 5. The van der Waals surface area contributed by atoms with Crippen molar-refractivity contribution in [3.05, 3.63) is 23.9 Å². The van der Waals surface area contributed by atoms with E-state index >= 15 is 0 Å². The van der Waals surface area contributed by atoms with Crippen molar-refractivity contribution in [1.82, 2.24) is 24.8 Å². The lowest BCUT2D eigenvalue weighted by atomic mass is 10.3. The van der Waals surface area contributed by atoms with E-state index in [-0.39, 0.29) is 5.91 Å². The second-order valence-corrected chi connectivity index (χ2v) is 5.36. The maximum atomic E-state index is 12.3. The molecule has 1 aliphatic rings. The first-order chi connectivity index (χ1) is 10.1. The number of amides is 1. The molecule has 3 rings (SSSR count). The molecule has 21 heavy (non-hydrogen) atoms. The van der Waals surface area contributed by atoms with Crippen molar-refractivity contribution in [2.75, 3.05) is 44.7 Å². The normalized spacial score (nSPS) is 15.4. The van der Waals surface area contributed by atoms with Gasteiger partial charge in [0.2, 0.25) is 11.9 Å². The topological polar surface area (TPSA) is 65.8 Å². The van der Waals surface area contributed by atoms with Gasteiger partial charge in [0.15, 0.2) is 5.65 Å². The molecule has 3 heterocycles. The fourth-order valence-electron chi connectivity index (χ4n) is 2.48. The molecule has 0 aromatic carbocycles. The minimum atomic E-state index is 0.120. The maximum absolute atomic E-state index is 12.3. The van der Waals surface area contributed by atoms with Crippen LogP contribution in [0.25, 0.3) is 5.65 Å². The van der Waals surface area contributed by atoms with Crippen molar-refractivity contribution < 1.29 is 4.79 Å². The quantitative estimate of drug-likeness (QED) is 0.855. The summed E-state index contributed by atoms with van der Waals surface area (Å²) in [6, 6.07) is 3.94. The van der Waals surface area contributed by atoms with Crippen LogP contribution in [-0.4, -0.2) is 65.2 Å². The summed E-state index contributed by atoms with van der Waals surface area (Å²) in [4.78, 5) is 20.4. The number of rotatable bonds is 3. The van der Waals surface area contributed by atoms with Crippen LogP contribution in [0.5, 0.6) is 0 Å². The van der Waals surface area contributed by atoms with E-state index in [0.29, 0.717) is 12.5 Å². The zero-order chi connectivity index (χ0) is 14.8. The van der Waals surface area contributed by atoms with Gasteiger partial charge in [-0.3, -0.25) is 4.79 Å². The lowest BCUT2D eigenvalue weighted by Gasteiger charge is -2.28. The average molecular weight is 288 g/mol. The highest BCUT2D eigenvalue weighted by molar-refractivity contribution is 5.81. The van der Waals surface area contributed by atoms with Crippen molar-refractivity contribution in [3.63, 3.8) is 0 Å². The van der Waals surface area contributed by atoms with Gasteiger partial charge in [0.1, 0.15) is 0 Å². The molecule has 7 nitrogen and oxygen atoms in total. The number of hydrogen-bond donors (Lipinski definition) is 1. The highest BCUT2D eigenvalue weighted by atomic mass is 16.2. The SMILES string of the molecule is Cc1cccn2nc(N(C)CC(=O)N3CCNCC3)nc12. The van der Waals surface area contributed by atoms with Crippen LogP contribution >= 0.6 is 0 Å². The highest BCUT2D eigenvalue weighted by Gasteiger charge is 2.19. The lowest BCUT2D eigenvalue weighted by Crippen LogP contribution is -2.49. The number of carbonyl (C=O) groups excluding carboxylic acids is 1. The molecular weight excluding hydrogens is 268 g/mol. The molecule has 0 saturated carbocycles. The molecule has 112 valence electrons. The highest BCUT2D eigenvalue weighted by Crippen LogP contribution is 2.12. The Balaban J connectivity index is 1.72. The van der Waals surface area contributed by atoms with Gasteiger partial charge in [-0.1, -0.05) is 6.07 Å². The standard InChI is InChI=1S/C14H20N6O/c1-11-4-3-7-20-13(11)16-14(17-20)18(2)10-12(21)19-8-5-15-6-9-19/h3-4,7,15H,5-6,8-10H2,1-2H3. The van der Waals surface area contributed by atoms with Crippen LogP contribution in [0.15, 0.2) is 18.3 Å². The number of anilines is 1. The molecule has 0 unspecified atom stereocenters. The molecule has 2 aromatic rings. The number of carbonyl (C=O) groups is 1. The predicted octanol–water partition coefficient (Wildman–Crippen LogP) is -0.0943. The number of piperazine rings is 1. The number of aryl methyl sites for hydroxylation is 1. The van der Waals surface area contributed by atoms with Gasteiger partial charge in [0.05, 0.1) is 6.54 Å². The Morgan fingerprint density at radius 3 is 2.90 bits per heavy atom. The minimum absolute atomic E-state index is 0.120. The van der Waals surface area contributed by atoms with Crippen LogP contribution in [0.1, 0.15) is 5.56 Å². The molecule has 7 heteroatoms. The smallest absolute Gasteiger partial charge is 0.245 e. The second-order valence-electron chi connectivity index (χ2n) is 5.36. The van der Waals surface area contributed by atoms with Crippen LogP contribution in [-0.2, 0) is 4.79 Å². The van der Waals surface area contributed by atoms with Crippen LogP contribution in [0.3, 0.4) is 0 Å². The Morgan fingerprint density at radius 2 is 2.19 bits per heavy atom. The molecule has 0 atom stereocenters. The fourth-order valence-corrected chi connectivity index (χ4v) is 2.48. The Morgan fingerprint density at radius 1 is 1.43 bits per heavy atom. The number of likely N-dealkylation sites (N-methyl/N-ethyl adjacent to an activating group) is 1. The van der Waals surface area contributed by atoms with Gasteiger partial charge in [0, 0.05) is 39.4 Å². The molecule has 1 saturated heterocycles. The molecule has 0 spiro atoms. The summed E-state index contributed by atoms with van der Waals surface area (Å²) < 4.78 is 1.75. The molecule has 0 radical (unpaired) electrons. The van der Waals surface area contributed by atoms with E-state index in [4.69, 9.17) is 0 Å².